The number of aryl methyl sites for hydroxylation is 2. The van der Waals surface area contributed by atoms with E-state index < -0.39 is 17.5 Å². The number of benzene rings is 2. The van der Waals surface area contributed by atoms with Crippen LogP contribution in [0.4, 0.5) is 28.9 Å². The predicted octanol–water partition coefficient (Wildman–Crippen LogP) is 7.59. The number of amides is 2. The summed E-state index contributed by atoms with van der Waals surface area (Å²) in [5, 5.41) is 7.21. The van der Waals surface area contributed by atoms with Gasteiger partial charge in [0.2, 0.25) is 0 Å². The molecular formula is C46H46F4N8O4. The number of piperidine rings is 2. The van der Waals surface area contributed by atoms with Crippen LogP contribution >= 0.6 is 0 Å². The summed E-state index contributed by atoms with van der Waals surface area (Å²) in [6.07, 6.45) is 4.20. The molecular weight excluding hydrogens is 805 g/mol. The van der Waals surface area contributed by atoms with E-state index in [1.165, 1.54) is 12.1 Å². The highest BCUT2D eigenvalue weighted by atomic mass is 19.3. The topological polar surface area (TPSA) is 135 Å². The Morgan fingerprint density at radius 2 is 1.08 bits per heavy atom. The standard InChI is InChI=1S/C24H25FN4O3.C22H21F3N4O/c1-16-19(14-18-3-2-8-26-22(18)28-16)23(30)27-15-17-4-5-21(20(25)13-17)29-9-6-24(7-10-29)31-11-12-32-24;1-14-17(12-16-3-2-8-26-20(16)28-14)21(30)27-13-15-4-5-19(18(23)11-15)29-9-6-22(24,25)7-10-29/h2-5,8,13-14H,6-7,9-12,15H2,1H3,(H,27,30);2-5,8,11-12H,6-7,9-10,13H2,1H3,(H,27,30). The number of hydrogen-bond donors (Lipinski definition) is 2. The molecule has 0 saturated carbocycles. The van der Waals surface area contributed by atoms with Gasteiger partial charge in [-0.1, -0.05) is 12.1 Å². The summed E-state index contributed by atoms with van der Waals surface area (Å²) in [6, 6.07) is 20.5. The van der Waals surface area contributed by atoms with Crippen molar-refractivity contribution in [2.24, 2.45) is 0 Å². The number of fused-ring (bicyclic) bond motifs is 2. The molecule has 0 aliphatic carbocycles. The van der Waals surface area contributed by atoms with E-state index in [0.717, 1.165) is 23.6 Å². The Balaban J connectivity index is 0.000000171. The van der Waals surface area contributed by atoms with Gasteiger partial charge in [-0.2, -0.15) is 0 Å². The zero-order valence-corrected chi connectivity index (χ0v) is 34.4. The zero-order valence-electron chi connectivity index (χ0n) is 34.4. The predicted molar refractivity (Wildman–Crippen MR) is 226 cm³/mol. The zero-order chi connectivity index (χ0) is 43.4. The van der Waals surface area contributed by atoms with Crippen LogP contribution in [0.3, 0.4) is 0 Å². The number of anilines is 2. The summed E-state index contributed by atoms with van der Waals surface area (Å²) in [7, 11) is 0. The molecule has 0 atom stereocenters. The van der Waals surface area contributed by atoms with Gasteiger partial charge in [-0.25, -0.2) is 37.5 Å². The van der Waals surface area contributed by atoms with Crippen LogP contribution in [0.5, 0.6) is 0 Å². The molecule has 3 aliphatic heterocycles. The summed E-state index contributed by atoms with van der Waals surface area (Å²) in [5.74, 6) is -4.50. The first-order chi connectivity index (χ1) is 29.8. The fourth-order valence-corrected chi connectivity index (χ4v) is 7.99. The van der Waals surface area contributed by atoms with E-state index in [-0.39, 0.29) is 56.7 Å². The van der Waals surface area contributed by atoms with E-state index in [1.807, 2.05) is 23.1 Å². The molecule has 62 heavy (non-hydrogen) atoms. The molecule has 322 valence electrons. The number of alkyl halides is 2. The summed E-state index contributed by atoms with van der Waals surface area (Å²) in [4.78, 5) is 46.1. The van der Waals surface area contributed by atoms with Gasteiger partial charge in [0, 0.05) is 88.1 Å². The molecule has 9 rings (SSSR count). The number of halogens is 4. The van der Waals surface area contributed by atoms with E-state index in [1.54, 1.807) is 73.6 Å². The first-order valence-corrected chi connectivity index (χ1v) is 20.6. The quantitative estimate of drug-likeness (QED) is 0.148. The Labute approximate surface area is 355 Å². The van der Waals surface area contributed by atoms with Gasteiger partial charge >= 0.3 is 0 Å². The Morgan fingerprint density at radius 3 is 1.52 bits per heavy atom. The lowest BCUT2D eigenvalue weighted by atomic mass is 10.0. The highest BCUT2D eigenvalue weighted by Crippen LogP contribution is 2.35. The fourth-order valence-electron chi connectivity index (χ4n) is 7.99. The van der Waals surface area contributed by atoms with Crippen molar-refractivity contribution in [2.45, 2.75) is 64.3 Å². The monoisotopic (exact) mass is 850 g/mol. The van der Waals surface area contributed by atoms with Crippen LogP contribution in [0.25, 0.3) is 22.1 Å². The van der Waals surface area contributed by atoms with Crippen LogP contribution in [-0.4, -0.2) is 82.9 Å². The van der Waals surface area contributed by atoms with Crippen molar-refractivity contribution in [2.75, 3.05) is 49.2 Å². The van der Waals surface area contributed by atoms with Crippen molar-refractivity contribution >= 4 is 45.3 Å². The third kappa shape index (κ3) is 9.61. The van der Waals surface area contributed by atoms with Crippen LogP contribution in [0.15, 0.2) is 85.2 Å². The maximum absolute atomic E-state index is 14.9. The van der Waals surface area contributed by atoms with Crippen LogP contribution in [0.2, 0.25) is 0 Å². The second kappa shape index (κ2) is 18.0. The highest BCUT2D eigenvalue weighted by molar-refractivity contribution is 5.99. The van der Waals surface area contributed by atoms with Gasteiger partial charge < -0.3 is 29.9 Å². The molecule has 3 fully saturated rings. The number of nitrogens with one attached hydrogen (secondary N) is 2. The molecule has 7 heterocycles. The van der Waals surface area contributed by atoms with Gasteiger partial charge in [-0.3, -0.25) is 9.59 Å². The van der Waals surface area contributed by atoms with Crippen LogP contribution < -0.4 is 20.4 Å². The molecule has 2 aromatic carbocycles. The van der Waals surface area contributed by atoms with E-state index in [2.05, 4.69) is 30.6 Å². The van der Waals surface area contributed by atoms with Crippen LogP contribution in [-0.2, 0) is 22.6 Å². The molecule has 2 N–H and O–H groups in total. The lowest BCUT2D eigenvalue weighted by molar-refractivity contribution is -0.169. The van der Waals surface area contributed by atoms with Gasteiger partial charge in [0.1, 0.15) is 11.6 Å². The van der Waals surface area contributed by atoms with Crippen molar-refractivity contribution < 1.29 is 36.6 Å². The highest BCUT2D eigenvalue weighted by Gasteiger charge is 2.40. The Hall–Kier alpha value is -6.26. The average Bonchev–Trinajstić information content (AvgIpc) is 3.72. The minimum Gasteiger partial charge on any atom is -0.369 e. The molecule has 3 aliphatic rings. The summed E-state index contributed by atoms with van der Waals surface area (Å²) in [6.45, 7) is 6.71. The van der Waals surface area contributed by atoms with E-state index in [4.69, 9.17) is 9.47 Å². The van der Waals surface area contributed by atoms with Gasteiger partial charge in [0.25, 0.3) is 17.7 Å². The third-order valence-corrected chi connectivity index (χ3v) is 11.5. The molecule has 0 unspecified atom stereocenters. The Kier molecular flexibility index (Phi) is 12.3. The molecule has 16 heteroatoms. The molecule has 4 aromatic heterocycles. The first kappa shape index (κ1) is 42.4. The van der Waals surface area contributed by atoms with Crippen LogP contribution in [0, 0.1) is 25.5 Å². The van der Waals surface area contributed by atoms with E-state index in [0.29, 0.717) is 82.6 Å². The van der Waals surface area contributed by atoms with Gasteiger partial charge in [-0.15, -0.1) is 0 Å². The van der Waals surface area contributed by atoms with Crippen molar-refractivity contribution in [1.82, 2.24) is 30.6 Å². The number of aromatic nitrogens is 4. The largest absolute Gasteiger partial charge is 0.369 e. The fraction of sp³-hybridized carbons (Fsp3) is 0.348. The number of carbonyl (C=O) groups excluding carboxylic acids is 2. The average molecular weight is 851 g/mol. The van der Waals surface area contributed by atoms with Crippen molar-refractivity contribution in [3.8, 4) is 0 Å². The van der Waals surface area contributed by atoms with Crippen molar-refractivity contribution in [3.05, 3.63) is 130 Å². The molecule has 0 bridgehead atoms. The van der Waals surface area contributed by atoms with Crippen LogP contribution in [0.1, 0.15) is 68.9 Å². The normalized spacial score (nSPS) is 16.9. The van der Waals surface area contributed by atoms with Gasteiger partial charge in [0.05, 0.1) is 47.1 Å². The van der Waals surface area contributed by atoms with E-state index >= 15 is 0 Å². The first-order valence-electron chi connectivity index (χ1n) is 20.6. The van der Waals surface area contributed by atoms with Gasteiger partial charge in [0.15, 0.2) is 17.1 Å². The molecule has 1 spiro atoms. The number of carbonyl (C=O) groups is 2. The summed E-state index contributed by atoms with van der Waals surface area (Å²) < 4.78 is 67.5. The maximum Gasteiger partial charge on any atom is 0.253 e. The van der Waals surface area contributed by atoms with Crippen molar-refractivity contribution in [1.29, 1.82) is 0 Å². The molecule has 12 nitrogen and oxygen atoms in total. The summed E-state index contributed by atoms with van der Waals surface area (Å²) >= 11 is 0. The number of ether oxygens (including phenoxy) is 2. The minimum absolute atomic E-state index is 0.114. The maximum atomic E-state index is 14.9. The Morgan fingerprint density at radius 1 is 0.645 bits per heavy atom. The second-order valence-electron chi connectivity index (χ2n) is 15.7. The van der Waals surface area contributed by atoms with E-state index in [9.17, 15) is 27.2 Å². The minimum atomic E-state index is -2.68. The number of hydrogen-bond acceptors (Lipinski definition) is 10. The molecule has 0 radical (unpaired) electrons. The van der Waals surface area contributed by atoms with Crippen molar-refractivity contribution in [3.63, 3.8) is 0 Å². The number of pyridine rings is 4. The number of nitrogens with zero attached hydrogens (tertiary/aromatic N) is 6. The lowest BCUT2D eigenvalue weighted by Crippen LogP contribution is -2.45. The molecule has 6 aromatic rings. The Bertz CT molecular complexity index is 2610. The molecule has 2 amide bonds. The smallest absolute Gasteiger partial charge is 0.253 e. The third-order valence-electron chi connectivity index (χ3n) is 11.5. The lowest BCUT2D eigenvalue weighted by Gasteiger charge is -2.38. The number of rotatable bonds is 8. The second-order valence-corrected chi connectivity index (χ2v) is 15.7. The summed E-state index contributed by atoms with van der Waals surface area (Å²) in [5.41, 5.74) is 5.41. The van der Waals surface area contributed by atoms with Gasteiger partial charge in [-0.05, 0) is 85.6 Å². The molecule has 3 saturated heterocycles. The SMILES string of the molecule is Cc1nc2ncccc2cc1C(=O)NCc1ccc(N2CCC(F)(F)CC2)c(F)c1.Cc1nc2ncccc2cc1C(=O)NCc1ccc(N2CCC3(CC2)OCCO3)c(F)c1.